The first-order valence-corrected chi connectivity index (χ1v) is 5.02. The number of halogens is 3. The third-order valence-electron chi connectivity index (χ3n) is 2.15. The fourth-order valence-electron chi connectivity index (χ4n) is 1.34. The van der Waals surface area contributed by atoms with Crippen LogP contribution in [0.5, 0.6) is 5.75 Å². The van der Waals surface area contributed by atoms with Crippen LogP contribution in [0.15, 0.2) is 18.2 Å². The summed E-state index contributed by atoms with van der Waals surface area (Å²) in [5, 5.41) is 17.9. The second kappa shape index (κ2) is 5.42. The molecule has 1 aromatic carbocycles. The van der Waals surface area contributed by atoms with Crippen molar-refractivity contribution in [3.8, 4) is 5.75 Å². The SMILES string of the molecule is CCc1cc(B(O)O)ccc1OCC(F)(F)F. The molecule has 0 amide bonds. The minimum atomic E-state index is -4.39. The Morgan fingerprint density at radius 2 is 1.94 bits per heavy atom. The molecule has 17 heavy (non-hydrogen) atoms. The van der Waals surface area contributed by atoms with Gasteiger partial charge in [-0.05, 0) is 23.5 Å². The molecular formula is C10H12BF3O3. The molecule has 0 saturated heterocycles. The molecule has 0 aliphatic rings. The fraction of sp³-hybridized carbons (Fsp3) is 0.400. The van der Waals surface area contributed by atoms with Crippen LogP contribution < -0.4 is 10.2 Å². The Morgan fingerprint density at radius 1 is 1.29 bits per heavy atom. The zero-order chi connectivity index (χ0) is 13.1. The molecule has 0 aliphatic carbocycles. The molecule has 1 rings (SSSR count). The van der Waals surface area contributed by atoms with Gasteiger partial charge in [-0.1, -0.05) is 19.1 Å². The molecule has 3 nitrogen and oxygen atoms in total. The molecule has 1 aromatic rings. The summed E-state index contributed by atoms with van der Waals surface area (Å²) in [6, 6.07) is 4.03. The van der Waals surface area contributed by atoms with Crippen LogP contribution in [0.3, 0.4) is 0 Å². The lowest BCUT2D eigenvalue weighted by Gasteiger charge is -2.13. The molecule has 0 heterocycles. The molecule has 0 unspecified atom stereocenters. The van der Waals surface area contributed by atoms with Crippen molar-refractivity contribution in [3.63, 3.8) is 0 Å². The molecule has 0 saturated carbocycles. The van der Waals surface area contributed by atoms with E-state index in [0.29, 0.717) is 12.0 Å². The Labute approximate surface area is 97.0 Å². The highest BCUT2D eigenvalue weighted by Gasteiger charge is 2.28. The van der Waals surface area contributed by atoms with Crippen molar-refractivity contribution in [2.24, 2.45) is 0 Å². The first kappa shape index (κ1) is 13.9. The van der Waals surface area contributed by atoms with E-state index in [0.717, 1.165) is 0 Å². The number of hydrogen-bond donors (Lipinski definition) is 2. The normalized spacial score (nSPS) is 11.4. The third kappa shape index (κ3) is 4.28. The zero-order valence-corrected chi connectivity index (χ0v) is 9.16. The van der Waals surface area contributed by atoms with Gasteiger partial charge in [0.1, 0.15) is 5.75 Å². The van der Waals surface area contributed by atoms with Crippen LogP contribution in [0, 0.1) is 0 Å². The summed E-state index contributed by atoms with van der Waals surface area (Å²) < 4.78 is 40.6. The van der Waals surface area contributed by atoms with Gasteiger partial charge in [0, 0.05) is 0 Å². The molecule has 0 bridgehead atoms. The van der Waals surface area contributed by atoms with Crippen LogP contribution in [-0.2, 0) is 6.42 Å². The average molecular weight is 248 g/mol. The van der Waals surface area contributed by atoms with E-state index in [9.17, 15) is 13.2 Å². The Hall–Kier alpha value is -1.21. The lowest BCUT2D eigenvalue weighted by Crippen LogP contribution is -2.30. The van der Waals surface area contributed by atoms with Gasteiger partial charge >= 0.3 is 13.3 Å². The maximum atomic E-state index is 12.0. The Bertz CT molecular complexity index is 380. The Morgan fingerprint density at radius 3 is 2.41 bits per heavy atom. The van der Waals surface area contributed by atoms with Crippen molar-refractivity contribution in [1.82, 2.24) is 0 Å². The fourth-order valence-corrected chi connectivity index (χ4v) is 1.34. The Kier molecular flexibility index (Phi) is 4.42. The summed E-state index contributed by atoms with van der Waals surface area (Å²) >= 11 is 0. The van der Waals surface area contributed by atoms with E-state index in [2.05, 4.69) is 4.74 Å². The van der Waals surface area contributed by atoms with Crippen LogP contribution in [0.4, 0.5) is 13.2 Å². The highest BCUT2D eigenvalue weighted by molar-refractivity contribution is 6.58. The molecule has 0 radical (unpaired) electrons. The number of hydrogen-bond acceptors (Lipinski definition) is 3. The minimum Gasteiger partial charge on any atom is -0.484 e. The first-order chi connectivity index (χ1) is 7.83. The highest BCUT2D eigenvalue weighted by atomic mass is 19.4. The molecule has 2 N–H and O–H groups in total. The summed E-state index contributed by atoms with van der Waals surface area (Å²) in [7, 11) is -1.64. The van der Waals surface area contributed by atoms with Crippen molar-refractivity contribution in [2.45, 2.75) is 19.5 Å². The summed E-state index contributed by atoms with van der Waals surface area (Å²) in [6.45, 7) is 0.379. The zero-order valence-electron chi connectivity index (χ0n) is 9.16. The van der Waals surface area contributed by atoms with Gasteiger partial charge in [0.15, 0.2) is 6.61 Å². The number of benzene rings is 1. The van der Waals surface area contributed by atoms with Gasteiger partial charge in [0.2, 0.25) is 0 Å². The average Bonchev–Trinajstić information content (AvgIpc) is 2.24. The van der Waals surface area contributed by atoms with E-state index < -0.39 is 19.9 Å². The standard InChI is InChI=1S/C10H12BF3O3/c1-2-7-5-8(11(15)16)3-4-9(7)17-6-10(12,13)14/h3-5,15-16H,2,6H2,1H3. The van der Waals surface area contributed by atoms with E-state index >= 15 is 0 Å². The van der Waals surface area contributed by atoms with Crippen LogP contribution in [0.2, 0.25) is 0 Å². The number of alkyl halides is 3. The van der Waals surface area contributed by atoms with E-state index in [4.69, 9.17) is 10.0 Å². The minimum absolute atomic E-state index is 0.106. The highest BCUT2D eigenvalue weighted by Crippen LogP contribution is 2.21. The summed E-state index contributed by atoms with van der Waals surface area (Å²) in [5.41, 5.74) is 0.723. The van der Waals surface area contributed by atoms with E-state index in [-0.39, 0.29) is 11.2 Å². The largest absolute Gasteiger partial charge is 0.488 e. The maximum absolute atomic E-state index is 12.0. The first-order valence-electron chi connectivity index (χ1n) is 5.02. The van der Waals surface area contributed by atoms with Crippen molar-refractivity contribution >= 4 is 12.6 Å². The lowest BCUT2D eigenvalue weighted by atomic mass is 9.79. The molecule has 0 aliphatic heterocycles. The van der Waals surface area contributed by atoms with Crippen molar-refractivity contribution < 1.29 is 28.0 Å². The molecule has 0 spiro atoms. The maximum Gasteiger partial charge on any atom is 0.488 e. The summed E-state index contributed by atoms with van der Waals surface area (Å²) in [5.74, 6) is 0.106. The van der Waals surface area contributed by atoms with Gasteiger partial charge in [-0.25, -0.2) is 0 Å². The van der Waals surface area contributed by atoms with Crippen LogP contribution in [-0.4, -0.2) is 29.9 Å². The van der Waals surface area contributed by atoms with Gasteiger partial charge in [0.25, 0.3) is 0 Å². The lowest BCUT2D eigenvalue weighted by molar-refractivity contribution is -0.153. The van der Waals surface area contributed by atoms with Gasteiger partial charge < -0.3 is 14.8 Å². The van der Waals surface area contributed by atoms with Gasteiger partial charge in [-0.3, -0.25) is 0 Å². The number of ether oxygens (including phenoxy) is 1. The predicted octanol–water partition coefficient (Wildman–Crippen LogP) is 0.870. The van der Waals surface area contributed by atoms with Crippen LogP contribution in [0.1, 0.15) is 12.5 Å². The molecule has 0 fully saturated rings. The van der Waals surface area contributed by atoms with Gasteiger partial charge in [0.05, 0.1) is 0 Å². The second-order valence-electron chi connectivity index (χ2n) is 3.50. The molecule has 0 atom stereocenters. The van der Waals surface area contributed by atoms with E-state index in [1.807, 2.05) is 0 Å². The topological polar surface area (TPSA) is 49.7 Å². The molecule has 7 heteroatoms. The van der Waals surface area contributed by atoms with Crippen molar-refractivity contribution in [3.05, 3.63) is 23.8 Å². The van der Waals surface area contributed by atoms with E-state index in [1.54, 1.807) is 6.92 Å². The summed E-state index contributed by atoms with van der Waals surface area (Å²) in [4.78, 5) is 0. The summed E-state index contributed by atoms with van der Waals surface area (Å²) in [6.07, 6.45) is -3.95. The number of rotatable bonds is 4. The predicted molar refractivity (Wildman–Crippen MR) is 57.2 cm³/mol. The van der Waals surface area contributed by atoms with Crippen LogP contribution >= 0.6 is 0 Å². The molecular weight excluding hydrogens is 236 g/mol. The second-order valence-corrected chi connectivity index (χ2v) is 3.50. The number of aryl methyl sites for hydroxylation is 1. The van der Waals surface area contributed by atoms with Gasteiger partial charge in [-0.2, -0.15) is 13.2 Å². The van der Waals surface area contributed by atoms with Crippen molar-refractivity contribution in [1.29, 1.82) is 0 Å². The smallest absolute Gasteiger partial charge is 0.484 e. The van der Waals surface area contributed by atoms with Crippen LogP contribution in [0.25, 0.3) is 0 Å². The van der Waals surface area contributed by atoms with Crippen molar-refractivity contribution in [2.75, 3.05) is 6.61 Å². The monoisotopic (exact) mass is 248 g/mol. The third-order valence-corrected chi connectivity index (χ3v) is 2.15. The quantitative estimate of drug-likeness (QED) is 0.777. The van der Waals surface area contributed by atoms with Gasteiger partial charge in [-0.15, -0.1) is 0 Å². The molecule has 0 aromatic heterocycles. The van der Waals surface area contributed by atoms with E-state index in [1.165, 1.54) is 18.2 Å². The molecule has 94 valence electrons. The Balaban J connectivity index is 2.86.